The van der Waals surface area contributed by atoms with E-state index in [1.54, 1.807) is 26.8 Å². The summed E-state index contributed by atoms with van der Waals surface area (Å²) in [7, 11) is 0. The fourth-order valence-electron chi connectivity index (χ4n) is 8.37. The van der Waals surface area contributed by atoms with Crippen molar-refractivity contribution >= 4 is 40.5 Å². The highest BCUT2D eigenvalue weighted by Crippen LogP contribution is 2.39. The van der Waals surface area contributed by atoms with Crippen LogP contribution in [0.4, 0.5) is 11.4 Å². The van der Waals surface area contributed by atoms with Gasteiger partial charge in [-0.1, -0.05) is 145 Å². The summed E-state index contributed by atoms with van der Waals surface area (Å²) in [4.78, 5) is 21.4. The quantitative estimate of drug-likeness (QED) is 0.101. The molecule has 0 unspecified atom stereocenters. The van der Waals surface area contributed by atoms with Crippen molar-refractivity contribution in [3.8, 4) is 11.5 Å². The Morgan fingerprint density at radius 2 is 1.02 bits per heavy atom. The predicted molar refractivity (Wildman–Crippen MR) is 263 cm³/mol. The van der Waals surface area contributed by atoms with Crippen LogP contribution in [0.5, 0.6) is 11.5 Å². The smallest absolute Gasteiger partial charge is 0.344 e. The monoisotopic (exact) mass is 914 g/mol. The van der Waals surface area contributed by atoms with E-state index in [1.165, 1.54) is 22.3 Å². The molecule has 1 N–H and O–H groups in total. The normalized spacial score (nSPS) is 16.9. The number of halogens is 2. The molecule has 2 aliphatic heterocycles. The van der Waals surface area contributed by atoms with E-state index < -0.39 is 11.6 Å². The second kappa shape index (κ2) is 23.1. The summed E-state index contributed by atoms with van der Waals surface area (Å²) < 4.78 is 16.2. The number of piperazine rings is 2. The maximum Gasteiger partial charge on any atom is 0.344 e. The second-order valence-corrected chi connectivity index (χ2v) is 17.9. The van der Waals surface area contributed by atoms with E-state index >= 15 is 0 Å². The first kappa shape index (κ1) is 47.4. The molecule has 0 aliphatic carbocycles. The topological polar surface area (TPSA) is 77.9 Å². The van der Waals surface area contributed by atoms with Crippen LogP contribution >= 0.6 is 23.2 Å². The van der Waals surface area contributed by atoms with Crippen LogP contribution < -0.4 is 19.3 Å². The number of rotatable bonds is 15. The zero-order valence-corrected chi connectivity index (χ0v) is 39.1. The predicted octanol–water partition coefficient (Wildman–Crippen LogP) is 10.9. The van der Waals surface area contributed by atoms with Gasteiger partial charge >= 0.3 is 5.97 Å². The van der Waals surface area contributed by atoms with E-state index in [2.05, 4.69) is 135 Å². The second-order valence-electron chi connectivity index (χ2n) is 17.1. The summed E-state index contributed by atoms with van der Waals surface area (Å²) in [5.74, 6) is 0.826. The van der Waals surface area contributed by atoms with Crippen molar-refractivity contribution in [2.24, 2.45) is 0 Å². The maximum atomic E-state index is 11.6. The number of carbonyl (C=O) groups excluding carboxylic acids is 1. The lowest BCUT2D eigenvalue weighted by atomic mass is 10.0. The Kier molecular flexibility index (Phi) is 16.8. The van der Waals surface area contributed by atoms with Crippen molar-refractivity contribution in [1.82, 2.24) is 9.80 Å². The first-order chi connectivity index (χ1) is 31.5. The lowest BCUT2D eigenvalue weighted by molar-refractivity contribution is -0.145. The van der Waals surface area contributed by atoms with Gasteiger partial charge in [0.15, 0.2) is 6.61 Å². The summed E-state index contributed by atoms with van der Waals surface area (Å²) in [6.45, 7) is 13.0. The van der Waals surface area contributed by atoms with Crippen molar-refractivity contribution in [3.63, 3.8) is 0 Å². The molecule has 0 amide bonds. The number of aliphatic hydroxyl groups is 1. The minimum atomic E-state index is -0.890. The molecular weight excluding hydrogens is 856 g/mol. The Morgan fingerprint density at radius 1 is 0.600 bits per heavy atom. The van der Waals surface area contributed by atoms with Crippen molar-refractivity contribution in [3.05, 3.63) is 190 Å². The van der Waals surface area contributed by atoms with Crippen LogP contribution in [-0.2, 0) is 22.6 Å². The summed E-state index contributed by atoms with van der Waals surface area (Å²) in [6.07, 6.45) is 0. The zero-order valence-electron chi connectivity index (χ0n) is 37.6. The molecule has 0 aromatic heterocycles. The Balaban J connectivity index is 0.000000194. The Labute approximate surface area is 394 Å². The summed E-state index contributed by atoms with van der Waals surface area (Å²) in [5, 5.41) is 11.2. The number of carbonyl (C=O) groups is 1. The molecule has 2 heterocycles. The third kappa shape index (κ3) is 13.7. The minimum Gasteiger partial charge on any atom is -0.491 e. The van der Waals surface area contributed by atoms with Gasteiger partial charge in [-0.05, 0) is 67.3 Å². The van der Waals surface area contributed by atoms with Crippen molar-refractivity contribution < 1.29 is 24.1 Å². The standard InChI is InChI=1S/C27H29ClN2O3.C27H31ClN2O2/c1-2-32-27(31)20-33-23-13-14-25(24(28)17-23)30-16-15-29(18-21-9-5-3-6-10-21)19-26(30)22-11-7-4-8-12-22;1-27(2,31)20-32-23-13-14-25(24(28)17-23)30-16-15-29(18-21-9-5-3-6-10-21)19-26(30)22-11-7-4-8-12-22/h3-14,17,26H,2,15-16,18-20H2,1H3;3-14,17,26,31H,15-16,18-20H2,1-2H3/t2*26-/m00/s1. The Bertz CT molecular complexity index is 2390. The van der Waals surface area contributed by atoms with Crippen LogP contribution in [0, 0.1) is 0 Å². The highest BCUT2D eigenvalue weighted by Gasteiger charge is 2.31. The van der Waals surface area contributed by atoms with E-state index in [0.29, 0.717) is 28.2 Å². The molecule has 2 saturated heterocycles. The first-order valence-corrected chi connectivity index (χ1v) is 23.2. The van der Waals surface area contributed by atoms with Crippen LogP contribution in [0.15, 0.2) is 158 Å². The van der Waals surface area contributed by atoms with Gasteiger partial charge in [0.05, 0.1) is 45.7 Å². The summed E-state index contributed by atoms with van der Waals surface area (Å²) in [5.41, 5.74) is 6.28. The molecule has 65 heavy (non-hydrogen) atoms. The molecule has 6 aromatic rings. The number of ether oxygens (including phenoxy) is 3. The van der Waals surface area contributed by atoms with Gasteiger partial charge in [0.2, 0.25) is 0 Å². The molecule has 8 rings (SSSR count). The van der Waals surface area contributed by atoms with Gasteiger partial charge in [0.25, 0.3) is 0 Å². The van der Waals surface area contributed by atoms with Gasteiger partial charge in [-0.25, -0.2) is 4.79 Å². The molecule has 0 saturated carbocycles. The summed E-state index contributed by atoms with van der Waals surface area (Å²) in [6, 6.07) is 54.2. The third-order valence-corrected chi connectivity index (χ3v) is 12.1. The van der Waals surface area contributed by atoms with Crippen LogP contribution in [-0.4, -0.2) is 85.6 Å². The third-order valence-electron chi connectivity index (χ3n) is 11.5. The van der Waals surface area contributed by atoms with Gasteiger partial charge in [0.1, 0.15) is 18.1 Å². The SMILES string of the molecule is CC(C)(O)COc1ccc(N2CCN(Cc3ccccc3)C[C@H]2c2ccccc2)c(Cl)c1.CCOC(=O)COc1ccc(N2CCN(Cc3ccccc3)C[C@H]2c2ccccc2)c(Cl)c1. The molecule has 6 aromatic carbocycles. The fraction of sp³-hybridized carbons (Fsp3) is 0.315. The lowest BCUT2D eigenvalue weighted by Gasteiger charge is -2.43. The van der Waals surface area contributed by atoms with Crippen LogP contribution in [0.25, 0.3) is 0 Å². The van der Waals surface area contributed by atoms with E-state index in [4.69, 9.17) is 37.4 Å². The van der Waals surface area contributed by atoms with Gasteiger partial charge in [0, 0.05) is 64.5 Å². The number of hydrogen-bond acceptors (Lipinski definition) is 9. The number of hydrogen-bond donors (Lipinski definition) is 1. The molecule has 9 nitrogen and oxygen atoms in total. The molecule has 11 heteroatoms. The number of anilines is 2. The number of benzene rings is 6. The Hall–Kier alpha value is -5.55. The van der Waals surface area contributed by atoms with Crippen LogP contribution in [0.1, 0.15) is 55.1 Å². The zero-order chi connectivity index (χ0) is 45.6. The van der Waals surface area contributed by atoms with Crippen molar-refractivity contribution in [2.45, 2.75) is 51.5 Å². The molecule has 0 spiro atoms. The molecular formula is C54H60Cl2N4O5. The minimum absolute atomic E-state index is 0.131. The molecule has 2 atom stereocenters. The number of nitrogens with zero attached hydrogens (tertiary/aromatic N) is 4. The van der Waals surface area contributed by atoms with Gasteiger partial charge < -0.3 is 29.1 Å². The van der Waals surface area contributed by atoms with Crippen LogP contribution in [0.3, 0.4) is 0 Å². The summed E-state index contributed by atoms with van der Waals surface area (Å²) >= 11 is 13.4. The van der Waals surface area contributed by atoms with Gasteiger partial charge in [-0.15, -0.1) is 0 Å². The largest absolute Gasteiger partial charge is 0.491 e. The molecule has 2 aliphatic rings. The lowest BCUT2D eigenvalue weighted by Crippen LogP contribution is -2.48. The van der Waals surface area contributed by atoms with Crippen molar-refractivity contribution in [2.75, 3.05) is 68.9 Å². The van der Waals surface area contributed by atoms with Crippen LogP contribution in [0.2, 0.25) is 10.0 Å². The maximum absolute atomic E-state index is 11.6. The number of esters is 1. The first-order valence-electron chi connectivity index (χ1n) is 22.4. The highest BCUT2D eigenvalue weighted by atomic mass is 35.5. The average Bonchev–Trinajstić information content (AvgIpc) is 3.32. The Morgan fingerprint density at radius 3 is 1.42 bits per heavy atom. The fourth-order valence-corrected chi connectivity index (χ4v) is 8.93. The van der Waals surface area contributed by atoms with Crippen molar-refractivity contribution in [1.29, 1.82) is 0 Å². The molecule has 0 bridgehead atoms. The molecule has 340 valence electrons. The average molecular weight is 916 g/mol. The van der Waals surface area contributed by atoms with Gasteiger partial charge in [-0.3, -0.25) is 9.80 Å². The molecule has 0 radical (unpaired) electrons. The van der Waals surface area contributed by atoms with Gasteiger partial charge in [-0.2, -0.15) is 0 Å². The van der Waals surface area contributed by atoms with E-state index in [9.17, 15) is 9.90 Å². The van der Waals surface area contributed by atoms with E-state index in [1.807, 2.05) is 36.4 Å². The highest BCUT2D eigenvalue weighted by molar-refractivity contribution is 6.33. The van der Waals surface area contributed by atoms with E-state index in [-0.39, 0.29) is 25.3 Å². The molecule has 2 fully saturated rings. The van der Waals surface area contributed by atoms with E-state index in [0.717, 1.165) is 63.7 Å².